The number of aromatic nitrogens is 4. The van der Waals surface area contributed by atoms with Crippen LogP contribution < -0.4 is 9.80 Å². The fourth-order valence-electron chi connectivity index (χ4n) is 4.15. The molecule has 4 aromatic rings. The van der Waals surface area contributed by atoms with Crippen LogP contribution >= 0.6 is 0 Å². The second kappa shape index (κ2) is 8.38. The molecule has 0 atom stereocenters. The van der Waals surface area contributed by atoms with Gasteiger partial charge in [-0.2, -0.15) is 18.3 Å². The lowest BCUT2D eigenvalue weighted by atomic mass is 10.1. The first kappa shape index (κ1) is 21.2. The minimum absolute atomic E-state index is 0.333. The summed E-state index contributed by atoms with van der Waals surface area (Å²) in [5, 5.41) is 5.28. The van der Waals surface area contributed by atoms with Crippen LogP contribution in [0.15, 0.2) is 61.1 Å². The molecule has 0 saturated carbocycles. The van der Waals surface area contributed by atoms with Crippen LogP contribution in [0.25, 0.3) is 11.0 Å². The van der Waals surface area contributed by atoms with Gasteiger partial charge in [0, 0.05) is 31.9 Å². The summed E-state index contributed by atoms with van der Waals surface area (Å²) in [6, 6.07) is 13.7. The van der Waals surface area contributed by atoms with E-state index in [2.05, 4.69) is 56.1 Å². The monoisotopic (exact) mass is 452 g/mol. The highest BCUT2D eigenvalue weighted by Crippen LogP contribution is 2.30. The highest BCUT2D eigenvalue weighted by molar-refractivity contribution is 5.86. The number of aryl methyl sites for hydroxylation is 1. The van der Waals surface area contributed by atoms with Gasteiger partial charge in [0.1, 0.15) is 12.1 Å². The summed E-state index contributed by atoms with van der Waals surface area (Å²) in [6.07, 6.45) is -1.08. The minimum atomic E-state index is -4.34. The Morgan fingerprint density at radius 1 is 0.848 bits per heavy atom. The van der Waals surface area contributed by atoms with E-state index in [1.807, 2.05) is 0 Å². The molecule has 6 nitrogen and oxygen atoms in total. The maximum Gasteiger partial charge on any atom is 0.416 e. The molecule has 0 amide bonds. The average molecular weight is 452 g/mol. The smallest absolute Gasteiger partial charge is 0.368 e. The lowest BCUT2D eigenvalue weighted by molar-refractivity contribution is -0.137. The number of halogens is 3. The fourth-order valence-corrected chi connectivity index (χ4v) is 4.15. The molecular formula is C24H23F3N6. The zero-order valence-corrected chi connectivity index (χ0v) is 18.1. The standard InChI is InChI=1S/C24H23F3N6/c1-17-2-8-20(9-3-17)31-10-12-32(13-11-31)22-21-14-30-33(23(21)29-16-28-22)15-18-4-6-19(7-5-18)24(25,26)27/h2-9,14,16H,10-13,15H2,1H3. The summed E-state index contributed by atoms with van der Waals surface area (Å²) in [6.45, 7) is 5.83. The molecule has 2 aromatic carbocycles. The van der Waals surface area contributed by atoms with Crippen molar-refractivity contribution in [2.75, 3.05) is 36.0 Å². The molecule has 9 heteroatoms. The first-order valence-electron chi connectivity index (χ1n) is 10.8. The largest absolute Gasteiger partial charge is 0.416 e. The second-order valence-corrected chi connectivity index (χ2v) is 8.24. The molecule has 1 fully saturated rings. The Labute approximate surface area is 189 Å². The fraction of sp³-hybridized carbons (Fsp3) is 0.292. The van der Waals surface area contributed by atoms with Gasteiger partial charge in [-0.3, -0.25) is 0 Å². The van der Waals surface area contributed by atoms with Crippen LogP contribution in [0.3, 0.4) is 0 Å². The molecule has 170 valence electrons. The molecule has 0 bridgehead atoms. The third kappa shape index (κ3) is 4.35. The van der Waals surface area contributed by atoms with Crippen molar-refractivity contribution >= 4 is 22.5 Å². The van der Waals surface area contributed by atoms with Gasteiger partial charge in [0.05, 0.1) is 23.7 Å². The number of anilines is 2. The summed E-state index contributed by atoms with van der Waals surface area (Å²) in [4.78, 5) is 13.5. The van der Waals surface area contributed by atoms with Gasteiger partial charge in [-0.15, -0.1) is 0 Å². The minimum Gasteiger partial charge on any atom is -0.368 e. The van der Waals surface area contributed by atoms with Gasteiger partial charge >= 0.3 is 6.18 Å². The number of benzene rings is 2. The topological polar surface area (TPSA) is 50.1 Å². The highest BCUT2D eigenvalue weighted by atomic mass is 19.4. The third-order valence-corrected chi connectivity index (χ3v) is 6.00. The molecule has 0 radical (unpaired) electrons. The Kier molecular flexibility index (Phi) is 5.39. The first-order valence-corrected chi connectivity index (χ1v) is 10.8. The molecule has 1 aliphatic rings. The molecule has 2 aromatic heterocycles. The van der Waals surface area contributed by atoms with Crippen molar-refractivity contribution < 1.29 is 13.2 Å². The van der Waals surface area contributed by atoms with Crippen LogP contribution in [-0.4, -0.2) is 45.9 Å². The number of hydrogen-bond acceptors (Lipinski definition) is 5. The maximum atomic E-state index is 12.8. The van der Waals surface area contributed by atoms with Gasteiger partial charge in [-0.25, -0.2) is 14.6 Å². The van der Waals surface area contributed by atoms with Crippen molar-refractivity contribution in [2.45, 2.75) is 19.6 Å². The van der Waals surface area contributed by atoms with E-state index in [0.717, 1.165) is 55.1 Å². The van der Waals surface area contributed by atoms with Crippen LogP contribution in [0.5, 0.6) is 0 Å². The lowest BCUT2D eigenvalue weighted by Gasteiger charge is -2.36. The number of hydrogen-bond donors (Lipinski definition) is 0. The molecule has 0 N–H and O–H groups in total. The van der Waals surface area contributed by atoms with Crippen LogP contribution in [-0.2, 0) is 12.7 Å². The lowest BCUT2D eigenvalue weighted by Crippen LogP contribution is -2.46. The zero-order chi connectivity index (χ0) is 23.0. The zero-order valence-electron chi connectivity index (χ0n) is 18.1. The molecule has 3 heterocycles. The molecule has 1 saturated heterocycles. The quantitative estimate of drug-likeness (QED) is 0.456. The molecule has 0 unspecified atom stereocenters. The molecule has 33 heavy (non-hydrogen) atoms. The Bertz CT molecular complexity index is 1240. The van der Waals surface area contributed by atoms with Crippen molar-refractivity contribution in [1.82, 2.24) is 19.7 Å². The molecular weight excluding hydrogens is 429 g/mol. The van der Waals surface area contributed by atoms with Crippen LogP contribution in [0, 0.1) is 6.92 Å². The van der Waals surface area contributed by atoms with Crippen LogP contribution in [0.4, 0.5) is 24.7 Å². The van der Waals surface area contributed by atoms with Gasteiger partial charge in [-0.05, 0) is 36.8 Å². The molecule has 5 rings (SSSR count). The Hall–Kier alpha value is -3.62. The van der Waals surface area contributed by atoms with Crippen molar-refractivity contribution in [3.63, 3.8) is 0 Å². The second-order valence-electron chi connectivity index (χ2n) is 8.24. The SMILES string of the molecule is Cc1ccc(N2CCN(c3ncnc4c3cnn4Cc3ccc(C(F)(F)F)cc3)CC2)cc1. The summed E-state index contributed by atoms with van der Waals surface area (Å²) in [5.41, 5.74) is 3.19. The van der Waals surface area contributed by atoms with E-state index < -0.39 is 11.7 Å². The normalized spacial score (nSPS) is 14.8. The van der Waals surface area contributed by atoms with Crippen molar-refractivity contribution in [3.05, 3.63) is 77.7 Å². The van der Waals surface area contributed by atoms with Gasteiger partial charge in [0.2, 0.25) is 0 Å². The summed E-state index contributed by atoms with van der Waals surface area (Å²) >= 11 is 0. The number of nitrogens with zero attached hydrogens (tertiary/aromatic N) is 6. The molecule has 0 spiro atoms. The van der Waals surface area contributed by atoms with E-state index in [1.165, 1.54) is 29.7 Å². The van der Waals surface area contributed by atoms with E-state index in [0.29, 0.717) is 12.2 Å². The van der Waals surface area contributed by atoms with Crippen molar-refractivity contribution in [1.29, 1.82) is 0 Å². The van der Waals surface area contributed by atoms with E-state index in [4.69, 9.17) is 0 Å². The van der Waals surface area contributed by atoms with E-state index in [-0.39, 0.29) is 0 Å². The number of alkyl halides is 3. The van der Waals surface area contributed by atoms with Gasteiger partial charge in [-0.1, -0.05) is 29.8 Å². The van der Waals surface area contributed by atoms with Crippen molar-refractivity contribution in [2.24, 2.45) is 0 Å². The summed E-state index contributed by atoms with van der Waals surface area (Å²) < 4.78 is 40.2. The van der Waals surface area contributed by atoms with Gasteiger partial charge in [0.15, 0.2) is 5.65 Å². The van der Waals surface area contributed by atoms with Crippen LogP contribution in [0.2, 0.25) is 0 Å². The predicted molar refractivity (Wildman–Crippen MR) is 121 cm³/mol. The third-order valence-electron chi connectivity index (χ3n) is 6.00. The van der Waals surface area contributed by atoms with E-state index >= 15 is 0 Å². The van der Waals surface area contributed by atoms with Crippen molar-refractivity contribution in [3.8, 4) is 0 Å². The molecule has 1 aliphatic heterocycles. The summed E-state index contributed by atoms with van der Waals surface area (Å²) in [5.74, 6) is 0.835. The van der Waals surface area contributed by atoms with E-state index in [9.17, 15) is 13.2 Å². The number of rotatable bonds is 4. The Morgan fingerprint density at radius 3 is 2.18 bits per heavy atom. The Morgan fingerprint density at radius 2 is 1.52 bits per heavy atom. The maximum absolute atomic E-state index is 12.8. The number of piperazine rings is 1. The van der Waals surface area contributed by atoms with E-state index in [1.54, 1.807) is 10.9 Å². The van der Waals surface area contributed by atoms with Crippen LogP contribution in [0.1, 0.15) is 16.7 Å². The first-order chi connectivity index (χ1) is 15.9. The highest BCUT2D eigenvalue weighted by Gasteiger charge is 2.30. The van der Waals surface area contributed by atoms with Gasteiger partial charge in [0.25, 0.3) is 0 Å². The molecule has 0 aliphatic carbocycles. The number of fused-ring (bicyclic) bond motifs is 1. The van der Waals surface area contributed by atoms with Gasteiger partial charge < -0.3 is 9.80 Å². The Balaban J connectivity index is 1.32. The predicted octanol–water partition coefficient (Wildman–Crippen LogP) is 4.53. The average Bonchev–Trinajstić information content (AvgIpc) is 3.22. The summed E-state index contributed by atoms with van der Waals surface area (Å²) in [7, 11) is 0.